The molecule has 4 nitrogen and oxygen atoms in total. The van der Waals surface area contributed by atoms with E-state index in [-0.39, 0.29) is 13.0 Å². The standard InChI is InChI=1S/C9H12BNO3/c10-6-1-2-7(11)8(5-6)14-4-3-9(12)13/h1-2,5H,3-4,10-11H2,(H,12,13). The molecular formula is C9H12BNO3. The Balaban J connectivity index is 2.57. The van der Waals surface area contributed by atoms with Gasteiger partial charge in [-0.15, -0.1) is 0 Å². The van der Waals surface area contributed by atoms with E-state index in [2.05, 4.69) is 0 Å². The van der Waals surface area contributed by atoms with Gasteiger partial charge in [-0.05, 0) is 12.1 Å². The highest BCUT2D eigenvalue weighted by molar-refractivity contribution is 6.32. The van der Waals surface area contributed by atoms with Crippen molar-refractivity contribution < 1.29 is 14.6 Å². The summed E-state index contributed by atoms with van der Waals surface area (Å²) in [6.45, 7) is 0.142. The van der Waals surface area contributed by atoms with E-state index in [1.54, 1.807) is 12.1 Å². The highest BCUT2D eigenvalue weighted by atomic mass is 16.5. The molecule has 14 heavy (non-hydrogen) atoms. The normalized spacial score (nSPS) is 9.71. The van der Waals surface area contributed by atoms with Crippen LogP contribution in [0.2, 0.25) is 0 Å². The Labute approximate surface area is 83.1 Å². The summed E-state index contributed by atoms with van der Waals surface area (Å²) in [4.78, 5) is 10.2. The number of hydrogen-bond donors (Lipinski definition) is 2. The lowest BCUT2D eigenvalue weighted by Crippen LogP contribution is -2.09. The van der Waals surface area contributed by atoms with Gasteiger partial charge in [0.2, 0.25) is 0 Å². The van der Waals surface area contributed by atoms with E-state index in [0.717, 1.165) is 5.46 Å². The van der Waals surface area contributed by atoms with Crippen LogP contribution in [0.5, 0.6) is 5.75 Å². The molecule has 0 amide bonds. The predicted octanol–water partition coefficient (Wildman–Crippen LogP) is -0.619. The summed E-state index contributed by atoms with van der Waals surface area (Å²) >= 11 is 0. The van der Waals surface area contributed by atoms with Gasteiger partial charge < -0.3 is 15.6 Å². The molecule has 0 saturated carbocycles. The third-order valence-corrected chi connectivity index (χ3v) is 1.74. The summed E-state index contributed by atoms with van der Waals surface area (Å²) in [6.07, 6.45) is -0.0205. The van der Waals surface area contributed by atoms with Crippen molar-refractivity contribution in [2.24, 2.45) is 0 Å². The number of ether oxygens (including phenoxy) is 1. The number of carboxylic acid groups (broad SMARTS) is 1. The van der Waals surface area contributed by atoms with Crippen LogP contribution in [-0.2, 0) is 4.79 Å². The van der Waals surface area contributed by atoms with Crippen LogP contribution in [0.25, 0.3) is 0 Å². The van der Waals surface area contributed by atoms with Crippen molar-refractivity contribution in [1.82, 2.24) is 0 Å². The molecule has 1 aromatic rings. The smallest absolute Gasteiger partial charge is 0.306 e. The molecule has 74 valence electrons. The molecule has 0 atom stereocenters. The van der Waals surface area contributed by atoms with Gasteiger partial charge in [-0.3, -0.25) is 4.79 Å². The third-order valence-electron chi connectivity index (χ3n) is 1.74. The number of anilines is 1. The lowest BCUT2D eigenvalue weighted by Gasteiger charge is -2.08. The van der Waals surface area contributed by atoms with Crippen LogP contribution in [0.4, 0.5) is 5.69 Å². The number of carbonyl (C=O) groups is 1. The van der Waals surface area contributed by atoms with Crippen molar-refractivity contribution >= 4 is 25.0 Å². The summed E-state index contributed by atoms with van der Waals surface area (Å²) in [7, 11) is 1.92. The van der Waals surface area contributed by atoms with Crippen molar-refractivity contribution in [3.63, 3.8) is 0 Å². The molecule has 0 fully saturated rings. The minimum Gasteiger partial charge on any atom is -0.491 e. The number of rotatable bonds is 4. The first-order valence-corrected chi connectivity index (χ1v) is 4.30. The molecule has 0 bridgehead atoms. The first kappa shape index (κ1) is 10.4. The van der Waals surface area contributed by atoms with E-state index in [0.29, 0.717) is 11.4 Å². The van der Waals surface area contributed by atoms with Gasteiger partial charge >= 0.3 is 5.97 Å². The zero-order chi connectivity index (χ0) is 10.6. The molecule has 0 aromatic heterocycles. The highest BCUT2D eigenvalue weighted by Gasteiger charge is 2.02. The second-order valence-corrected chi connectivity index (χ2v) is 3.03. The largest absolute Gasteiger partial charge is 0.491 e. The molecule has 3 N–H and O–H groups in total. The second kappa shape index (κ2) is 4.55. The van der Waals surface area contributed by atoms with E-state index >= 15 is 0 Å². The van der Waals surface area contributed by atoms with Crippen LogP contribution in [-0.4, -0.2) is 25.5 Å². The maximum absolute atomic E-state index is 10.2. The summed E-state index contributed by atoms with van der Waals surface area (Å²) in [6, 6.07) is 5.40. The number of benzene rings is 1. The molecule has 5 heteroatoms. The zero-order valence-electron chi connectivity index (χ0n) is 7.99. The number of nitrogens with two attached hydrogens (primary N) is 1. The Morgan fingerprint density at radius 2 is 2.29 bits per heavy atom. The Hall–Kier alpha value is -1.65. The second-order valence-electron chi connectivity index (χ2n) is 3.03. The number of hydrogen-bond acceptors (Lipinski definition) is 3. The number of aliphatic carboxylic acids is 1. The predicted molar refractivity (Wildman–Crippen MR) is 56.8 cm³/mol. The molecule has 0 radical (unpaired) electrons. The van der Waals surface area contributed by atoms with Crippen molar-refractivity contribution in [2.75, 3.05) is 12.3 Å². The fraction of sp³-hybridized carbons (Fsp3) is 0.222. The van der Waals surface area contributed by atoms with Gasteiger partial charge in [-0.25, -0.2) is 0 Å². The summed E-state index contributed by atoms with van der Waals surface area (Å²) in [5, 5.41) is 8.40. The first-order valence-electron chi connectivity index (χ1n) is 4.30. The molecule has 0 aliphatic carbocycles. The molecule has 1 rings (SSSR count). The maximum atomic E-state index is 10.2. The molecule has 0 heterocycles. The van der Waals surface area contributed by atoms with Crippen molar-refractivity contribution in [3.8, 4) is 5.75 Å². The minimum absolute atomic E-state index is 0.0205. The number of carboxylic acids is 1. The molecule has 0 unspecified atom stereocenters. The maximum Gasteiger partial charge on any atom is 0.306 e. The SMILES string of the molecule is Bc1ccc(N)c(OCCC(=O)O)c1. The number of nitrogen functional groups attached to an aromatic ring is 1. The van der Waals surface area contributed by atoms with Crippen molar-refractivity contribution in [1.29, 1.82) is 0 Å². The summed E-state index contributed by atoms with van der Waals surface area (Å²) in [5.74, 6) is -0.331. The summed E-state index contributed by atoms with van der Waals surface area (Å²) in [5.41, 5.74) is 7.19. The van der Waals surface area contributed by atoms with Gasteiger partial charge in [-0.1, -0.05) is 11.5 Å². The minimum atomic E-state index is -0.878. The average Bonchev–Trinajstić information content (AvgIpc) is 2.10. The summed E-state index contributed by atoms with van der Waals surface area (Å²) < 4.78 is 5.22. The molecule has 0 aliphatic heterocycles. The van der Waals surface area contributed by atoms with Crippen LogP contribution in [0.3, 0.4) is 0 Å². The fourth-order valence-electron chi connectivity index (χ4n) is 1.01. The van der Waals surface area contributed by atoms with E-state index in [9.17, 15) is 4.79 Å². The zero-order valence-corrected chi connectivity index (χ0v) is 7.99. The van der Waals surface area contributed by atoms with Crippen molar-refractivity contribution in [2.45, 2.75) is 6.42 Å². The van der Waals surface area contributed by atoms with Crippen LogP contribution >= 0.6 is 0 Å². The van der Waals surface area contributed by atoms with Gasteiger partial charge in [0.05, 0.1) is 18.7 Å². The third kappa shape index (κ3) is 3.01. The quantitative estimate of drug-likeness (QED) is 0.493. The molecule has 1 aromatic carbocycles. The van der Waals surface area contributed by atoms with Crippen LogP contribution < -0.4 is 15.9 Å². The molecule has 0 saturated heterocycles. The van der Waals surface area contributed by atoms with E-state index < -0.39 is 5.97 Å². The van der Waals surface area contributed by atoms with Gasteiger partial charge in [0.1, 0.15) is 13.6 Å². The van der Waals surface area contributed by atoms with Gasteiger partial charge in [0, 0.05) is 0 Å². The lowest BCUT2D eigenvalue weighted by molar-refractivity contribution is -0.137. The van der Waals surface area contributed by atoms with Crippen molar-refractivity contribution in [3.05, 3.63) is 18.2 Å². The average molecular weight is 193 g/mol. The van der Waals surface area contributed by atoms with Crippen LogP contribution in [0.1, 0.15) is 6.42 Å². The topological polar surface area (TPSA) is 72.5 Å². The van der Waals surface area contributed by atoms with Crippen LogP contribution in [0, 0.1) is 0 Å². The van der Waals surface area contributed by atoms with Gasteiger partial charge in [0.25, 0.3) is 0 Å². The van der Waals surface area contributed by atoms with E-state index in [4.69, 9.17) is 15.6 Å². The molecule has 0 aliphatic rings. The Morgan fingerprint density at radius 3 is 2.93 bits per heavy atom. The van der Waals surface area contributed by atoms with E-state index in [1.807, 2.05) is 13.9 Å². The van der Waals surface area contributed by atoms with E-state index in [1.165, 1.54) is 0 Å². The van der Waals surface area contributed by atoms with Gasteiger partial charge in [-0.2, -0.15) is 0 Å². The van der Waals surface area contributed by atoms with Gasteiger partial charge in [0.15, 0.2) is 0 Å². The first-order chi connectivity index (χ1) is 6.59. The van der Waals surface area contributed by atoms with Crippen LogP contribution in [0.15, 0.2) is 18.2 Å². The fourth-order valence-corrected chi connectivity index (χ4v) is 1.01. The Kier molecular flexibility index (Phi) is 3.39. The lowest BCUT2D eigenvalue weighted by atomic mass is 9.96. The Bertz CT molecular complexity index is 341. The molecular weight excluding hydrogens is 181 g/mol. The Morgan fingerprint density at radius 1 is 1.57 bits per heavy atom. The monoisotopic (exact) mass is 193 g/mol. The molecule has 0 spiro atoms. The highest BCUT2D eigenvalue weighted by Crippen LogP contribution is 2.18.